The zero-order chi connectivity index (χ0) is 18.6. The van der Waals surface area contributed by atoms with Gasteiger partial charge in [-0.2, -0.15) is 0 Å². The fourth-order valence-corrected chi connectivity index (χ4v) is 3.26. The third-order valence-corrected chi connectivity index (χ3v) is 5.07. The molecule has 2 rings (SSSR count). The van der Waals surface area contributed by atoms with Gasteiger partial charge in [-0.15, -0.1) is 0 Å². The number of carbonyl (C=O) groups excluding carboxylic acids is 2. The van der Waals surface area contributed by atoms with Crippen molar-refractivity contribution in [2.75, 3.05) is 0 Å². The maximum Gasteiger partial charge on any atom is 0.328 e. The van der Waals surface area contributed by atoms with Gasteiger partial charge in [-0.05, 0) is 19.4 Å². The Bertz CT molecular complexity index is 754. The molecule has 0 bridgehead atoms. The summed E-state index contributed by atoms with van der Waals surface area (Å²) < 4.78 is 0. The predicted molar refractivity (Wildman–Crippen MR) is 88.4 cm³/mol. The molecule has 0 aromatic carbocycles. The van der Waals surface area contributed by atoms with Crippen molar-refractivity contribution in [3.8, 4) is 5.75 Å². The van der Waals surface area contributed by atoms with Crippen molar-refractivity contribution in [1.29, 1.82) is 0 Å². The maximum absolute atomic E-state index is 10.9. The highest BCUT2D eigenvalue weighted by atomic mass is 32.1. The molecule has 0 fully saturated rings. The number of ketones is 2. The molecule has 0 unspecified atom stereocenters. The predicted octanol–water partition coefficient (Wildman–Crippen LogP) is 3.73. The minimum atomic E-state index is -0.642. The van der Waals surface area contributed by atoms with Gasteiger partial charge < -0.3 is 5.11 Å². The van der Waals surface area contributed by atoms with E-state index in [1.165, 1.54) is 19.9 Å². The van der Waals surface area contributed by atoms with Gasteiger partial charge in [0.25, 0.3) is 0 Å². The van der Waals surface area contributed by atoms with Crippen molar-refractivity contribution in [2.24, 2.45) is 0 Å². The summed E-state index contributed by atoms with van der Waals surface area (Å²) in [6, 6.07) is 2.39. The van der Waals surface area contributed by atoms with Gasteiger partial charge in [0.05, 0.1) is 20.8 Å². The average Bonchev–Trinajstić information content (AvgIpc) is 3.03. The van der Waals surface area contributed by atoms with Crippen LogP contribution in [-0.4, -0.2) is 26.5 Å². The normalized spacial score (nSPS) is 9.79. The maximum atomic E-state index is 10.9. The van der Waals surface area contributed by atoms with Crippen molar-refractivity contribution in [3.05, 3.63) is 47.7 Å². The van der Waals surface area contributed by atoms with E-state index in [1.54, 1.807) is 6.92 Å². The Morgan fingerprint density at radius 2 is 1.38 bits per heavy atom. The van der Waals surface area contributed by atoms with E-state index in [0.717, 1.165) is 17.4 Å². The molecular formula is C13H12N2O7S2. The van der Waals surface area contributed by atoms with E-state index in [2.05, 4.69) is 0 Å². The SMILES string of the molecule is CC(=O)c1sc([N+](=O)[O-])cc1C.CC(=O)c1sc([N+](=O)[O-])cc1O. The molecule has 2 aromatic rings. The highest BCUT2D eigenvalue weighted by Gasteiger charge is 2.18. The third kappa shape index (κ3) is 4.67. The number of carbonyl (C=O) groups is 2. The number of thiophene rings is 2. The van der Waals surface area contributed by atoms with Crippen LogP contribution < -0.4 is 0 Å². The average molecular weight is 372 g/mol. The van der Waals surface area contributed by atoms with Gasteiger partial charge in [0.1, 0.15) is 10.6 Å². The largest absolute Gasteiger partial charge is 0.506 e. The van der Waals surface area contributed by atoms with Gasteiger partial charge >= 0.3 is 10.0 Å². The highest BCUT2D eigenvalue weighted by molar-refractivity contribution is 7.17. The van der Waals surface area contributed by atoms with E-state index in [1.807, 2.05) is 0 Å². The molecule has 0 aliphatic carbocycles. The minimum Gasteiger partial charge on any atom is -0.506 e. The molecule has 24 heavy (non-hydrogen) atoms. The smallest absolute Gasteiger partial charge is 0.328 e. The van der Waals surface area contributed by atoms with Crippen LogP contribution in [0.15, 0.2) is 12.1 Å². The zero-order valence-electron chi connectivity index (χ0n) is 12.8. The van der Waals surface area contributed by atoms with E-state index in [-0.39, 0.29) is 32.2 Å². The first-order chi connectivity index (χ1) is 11.0. The fourth-order valence-electron chi connectivity index (χ4n) is 1.62. The van der Waals surface area contributed by atoms with Crippen LogP contribution in [0.5, 0.6) is 5.75 Å². The van der Waals surface area contributed by atoms with Crippen molar-refractivity contribution in [2.45, 2.75) is 20.8 Å². The standard InChI is InChI=1S/C7H7NO3S.C6H5NO4S/c1-4-3-6(8(10)11)12-7(4)5(2)9;1-3(8)6-4(9)2-5(12-6)7(10)11/h3H,1-2H3;2,9H,1H3. The van der Waals surface area contributed by atoms with Gasteiger partial charge in [-0.1, -0.05) is 22.7 Å². The number of hydrogen-bond donors (Lipinski definition) is 1. The van der Waals surface area contributed by atoms with Crippen LogP contribution in [0.2, 0.25) is 0 Å². The lowest BCUT2D eigenvalue weighted by Gasteiger charge is -1.86. The minimum absolute atomic E-state index is 0.0256. The van der Waals surface area contributed by atoms with Crippen LogP contribution in [0.4, 0.5) is 10.0 Å². The summed E-state index contributed by atoms with van der Waals surface area (Å²) >= 11 is 1.60. The number of Topliss-reactive ketones (excluding diaryl/α,β-unsaturated/α-hetero) is 2. The Labute approximate surface area is 143 Å². The molecule has 1 N–H and O–H groups in total. The van der Waals surface area contributed by atoms with Crippen LogP contribution in [0.25, 0.3) is 0 Å². The summed E-state index contributed by atoms with van der Waals surface area (Å²) in [4.78, 5) is 41.5. The Balaban J connectivity index is 0.000000240. The van der Waals surface area contributed by atoms with Crippen molar-refractivity contribution in [1.82, 2.24) is 0 Å². The van der Waals surface area contributed by atoms with Crippen molar-refractivity contribution in [3.63, 3.8) is 0 Å². The summed E-state index contributed by atoms with van der Waals surface area (Å²) in [6.07, 6.45) is 0. The van der Waals surface area contributed by atoms with Crippen LogP contribution in [-0.2, 0) is 0 Å². The first-order valence-electron chi connectivity index (χ1n) is 6.28. The van der Waals surface area contributed by atoms with Crippen LogP contribution in [0.3, 0.4) is 0 Å². The quantitative estimate of drug-likeness (QED) is 0.489. The van der Waals surface area contributed by atoms with E-state index < -0.39 is 9.85 Å². The molecule has 9 nitrogen and oxygen atoms in total. The second-order valence-electron chi connectivity index (χ2n) is 4.52. The Morgan fingerprint density at radius 1 is 0.958 bits per heavy atom. The Kier molecular flexibility index (Phi) is 6.26. The number of nitro groups is 2. The molecule has 0 amide bonds. The number of nitrogens with zero attached hydrogens (tertiary/aromatic N) is 2. The summed E-state index contributed by atoms with van der Waals surface area (Å²) in [5, 5.41) is 29.3. The van der Waals surface area contributed by atoms with Crippen LogP contribution in [0.1, 0.15) is 38.8 Å². The van der Waals surface area contributed by atoms with Crippen molar-refractivity contribution < 1.29 is 24.5 Å². The highest BCUT2D eigenvalue weighted by Crippen LogP contribution is 2.33. The molecule has 0 spiro atoms. The third-order valence-electron chi connectivity index (χ3n) is 2.60. The molecule has 0 aliphatic rings. The molecule has 0 saturated carbocycles. The lowest BCUT2D eigenvalue weighted by Crippen LogP contribution is -1.88. The van der Waals surface area contributed by atoms with Gasteiger partial charge in [-0.25, -0.2) is 0 Å². The molecule has 0 aliphatic heterocycles. The van der Waals surface area contributed by atoms with E-state index in [9.17, 15) is 29.8 Å². The number of aryl methyl sites for hydroxylation is 1. The zero-order valence-corrected chi connectivity index (χ0v) is 14.4. The summed E-state index contributed by atoms with van der Waals surface area (Å²) in [6.45, 7) is 4.35. The van der Waals surface area contributed by atoms with Gasteiger partial charge in [-0.3, -0.25) is 29.8 Å². The fraction of sp³-hybridized carbons (Fsp3) is 0.231. The molecule has 2 heterocycles. The van der Waals surface area contributed by atoms with E-state index in [0.29, 0.717) is 21.8 Å². The molecule has 0 radical (unpaired) electrons. The number of aromatic hydroxyl groups is 1. The van der Waals surface area contributed by atoms with Gasteiger partial charge in [0, 0.05) is 13.0 Å². The van der Waals surface area contributed by atoms with Crippen LogP contribution in [0, 0.1) is 27.2 Å². The lowest BCUT2D eigenvalue weighted by molar-refractivity contribution is -0.380. The number of rotatable bonds is 4. The topological polar surface area (TPSA) is 141 Å². The Morgan fingerprint density at radius 3 is 1.62 bits per heavy atom. The van der Waals surface area contributed by atoms with Gasteiger partial charge in [0.2, 0.25) is 0 Å². The summed E-state index contributed by atoms with van der Waals surface area (Å²) in [7, 11) is 0. The lowest BCUT2D eigenvalue weighted by atomic mass is 10.2. The molecular weight excluding hydrogens is 360 g/mol. The molecule has 2 aromatic heterocycles. The second-order valence-corrected chi connectivity index (χ2v) is 6.58. The van der Waals surface area contributed by atoms with Crippen LogP contribution >= 0.6 is 22.7 Å². The van der Waals surface area contributed by atoms with Crippen molar-refractivity contribution >= 4 is 44.2 Å². The molecule has 0 atom stereocenters. The van der Waals surface area contributed by atoms with Gasteiger partial charge in [0.15, 0.2) is 11.6 Å². The van der Waals surface area contributed by atoms with E-state index in [4.69, 9.17) is 5.11 Å². The summed E-state index contributed by atoms with van der Waals surface area (Å²) in [5.41, 5.74) is 0.680. The van der Waals surface area contributed by atoms with E-state index >= 15 is 0 Å². The Hall–Kier alpha value is -2.66. The first kappa shape index (κ1) is 19.4. The molecule has 11 heteroatoms. The molecule has 128 valence electrons. The first-order valence-corrected chi connectivity index (χ1v) is 7.91. The monoisotopic (exact) mass is 372 g/mol. The number of hydrogen-bond acceptors (Lipinski definition) is 9. The molecule has 0 saturated heterocycles. The second kappa shape index (κ2) is 7.75. The summed E-state index contributed by atoms with van der Waals surface area (Å²) in [5.74, 6) is -0.810.